The first-order valence-electron chi connectivity index (χ1n) is 8.27. The minimum absolute atomic E-state index is 0.162. The number of nitrogens with zero attached hydrogens (tertiary/aromatic N) is 1. The van der Waals surface area contributed by atoms with Gasteiger partial charge in [-0.1, -0.05) is 70.7 Å². The molecule has 0 spiro atoms. The summed E-state index contributed by atoms with van der Waals surface area (Å²) in [5.41, 5.74) is 2.57. The zero-order valence-electron chi connectivity index (χ0n) is 13.7. The van der Waals surface area contributed by atoms with Gasteiger partial charge in [-0.3, -0.25) is 5.32 Å². The van der Waals surface area contributed by atoms with Crippen LogP contribution in [0.15, 0.2) is 24.3 Å². The van der Waals surface area contributed by atoms with Crippen molar-refractivity contribution in [3.8, 4) is 6.07 Å². The summed E-state index contributed by atoms with van der Waals surface area (Å²) in [7, 11) is 0. The Balaban J connectivity index is 2.05. The fraction of sp³-hybridized carbons (Fsp3) is 0.632. The molecule has 0 amide bonds. The van der Waals surface area contributed by atoms with E-state index >= 15 is 0 Å². The standard InChI is InChI=1S/C19H28N2/c1-19(2,3)16-12-10-15(11-13-16)18(14-20)21-17-8-6-4-5-7-9-17/h10-13,17-18,21H,4-9H2,1-3H3. The van der Waals surface area contributed by atoms with Crippen molar-refractivity contribution < 1.29 is 0 Å². The molecule has 0 aromatic heterocycles. The molecule has 0 heterocycles. The van der Waals surface area contributed by atoms with Gasteiger partial charge in [0.2, 0.25) is 0 Å². The molecule has 1 atom stereocenters. The summed E-state index contributed by atoms with van der Waals surface area (Å²) in [6.45, 7) is 6.65. The van der Waals surface area contributed by atoms with E-state index in [-0.39, 0.29) is 11.5 Å². The van der Waals surface area contributed by atoms with E-state index in [9.17, 15) is 5.26 Å². The van der Waals surface area contributed by atoms with Crippen LogP contribution in [0, 0.1) is 11.3 Å². The molecular formula is C19H28N2. The van der Waals surface area contributed by atoms with E-state index in [1.54, 1.807) is 0 Å². The molecular weight excluding hydrogens is 256 g/mol. The van der Waals surface area contributed by atoms with Gasteiger partial charge in [0.1, 0.15) is 6.04 Å². The van der Waals surface area contributed by atoms with E-state index in [4.69, 9.17) is 0 Å². The highest BCUT2D eigenvalue weighted by atomic mass is 14.9. The Morgan fingerprint density at radius 3 is 2.10 bits per heavy atom. The van der Waals surface area contributed by atoms with Crippen molar-refractivity contribution in [1.82, 2.24) is 5.32 Å². The number of nitriles is 1. The lowest BCUT2D eigenvalue weighted by Crippen LogP contribution is -2.31. The number of hydrogen-bond donors (Lipinski definition) is 1. The van der Waals surface area contributed by atoms with Gasteiger partial charge in [-0.2, -0.15) is 5.26 Å². The van der Waals surface area contributed by atoms with Gasteiger partial charge in [-0.25, -0.2) is 0 Å². The molecule has 0 radical (unpaired) electrons. The third kappa shape index (κ3) is 4.58. The minimum atomic E-state index is -0.179. The summed E-state index contributed by atoms with van der Waals surface area (Å²) >= 11 is 0. The molecule has 1 unspecified atom stereocenters. The van der Waals surface area contributed by atoms with Crippen molar-refractivity contribution in [2.75, 3.05) is 0 Å². The smallest absolute Gasteiger partial charge is 0.121 e. The maximum atomic E-state index is 9.50. The first-order valence-corrected chi connectivity index (χ1v) is 8.27. The first kappa shape index (κ1) is 16.0. The second-order valence-corrected chi connectivity index (χ2v) is 7.29. The van der Waals surface area contributed by atoms with Gasteiger partial charge >= 0.3 is 0 Å². The molecule has 1 aromatic carbocycles. The lowest BCUT2D eigenvalue weighted by Gasteiger charge is -2.22. The normalized spacial score (nSPS) is 18.8. The van der Waals surface area contributed by atoms with Crippen LogP contribution in [-0.2, 0) is 5.41 Å². The number of rotatable bonds is 3. The van der Waals surface area contributed by atoms with Crippen LogP contribution in [0.2, 0.25) is 0 Å². The van der Waals surface area contributed by atoms with Crippen LogP contribution >= 0.6 is 0 Å². The summed E-state index contributed by atoms with van der Waals surface area (Å²) in [6.07, 6.45) is 7.68. The molecule has 2 rings (SSSR count). The lowest BCUT2D eigenvalue weighted by molar-refractivity contribution is 0.436. The summed E-state index contributed by atoms with van der Waals surface area (Å²) in [4.78, 5) is 0. The maximum absolute atomic E-state index is 9.50. The minimum Gasteiger partial charge on any atom is -0.295 e. The van der Waals surface area contributed by atoms with E-state index in [1.807, 2.05) is 0 Å². The van der Waals surface area contributed by atoms with Crippen molar-refractivity contribution in [1.29, 1.82) is 5.26 Å². The zero-order valence-corrected chi connectivity index (χ0v) is 13.7. The Kier molecular flexibility index (Phi) is 5.42. The Labute approximate surface area is 129 Å². The summed E-state index contributed by atoms with van der Waals surface area (Å²) < 4.78 is 0. The Hall–Kier alpha value is -1.33. The topological polar surface area (TPSA) is 35.8 Å². The van der Waals surface area contributed by atoms with E-state index in [0.717, 1.165) is 5.56 Å². The predicted octanol–water partition coefficient (Wildman–Crippen LogP) is 4.86. The third-order valence-corrected chi connectivity index (χ3v) is 4.50. The second kappa shape index (κ2) is 7.09. The highest BCUT2D eigenvalue weighted by Gasteiger charge is 2.19. The maximum Gasteiger partial charge on any atom is 0.121 e. The molecule has 1 fully saturated rings. The van der Waals surface area contributed by atoms with Gasteiger partial charge in [-0.15, -0.1) is 0 Å². The average molecular weight is 284 g/mol. The van der Waals surface area contributed by atoms with E-state index < -0.39 is 0 Å². The van der Waals surface area contributed by atoms with Crippen LogP contribution in [0.25, 0.3) is 0 Å². The van der Waals surface area contributed by atoms with E-state index in [2.05, 4.69) is 56.4 Å². The van der Waals surface area contributed by atoms with Gasteiger partial charge in [0.15, 0.2) is 0 Å². The van der Waals surface area contributed by atoms with Gasteiger partial charge < -0.3 is 0 Å². The molecule has 1 aliphatic carbocycles. The molecule has 21 heavy (non-hydrogen) atoms. The average Bonchev–Trinajstić information content (AvgIpc) is 2.72. The van der Waals surface area contributed by atoms with Crippen LogP contribution < -0.4 is 5.32 Å². The monoisotopic (exact) mass is 284 g/mol. The van der Waals surface area contributed by atoms with Crippen LogP contribution in [0.3, 0.4) is 0 Å². The summed E-state index contributed by atoms with van der Waals surface area (Å²) in [5.74, 6) is 0. The zero-order chi connectivity index (χ0) is 15.3. The van der Waals surface area contributed by atoms with E-state index in [0.29, 0.717) is 6.04 Å². The molecule has 2 heteroatoms. The molecule has 1 aromatic rings. The SMILES string of the molecule is CC(C)(C)c1ccc(C(C#N)NC2CCCCCC2)cc1. The number of benzene rings is 1. The third-order valence-electron chi connectivity index (χ3n) is 4.50. The molecule has 1 saturated carbocycles. The molecule has 0 aliphatic heterocycles. The molecule has 0 saturated heterocycles. The van der Waals surface area contributed by atoms with Crippen molar-refractivity contribution in [2.45, 2.75) is 76.8 Å². The van der Waals surface area contributed by atoms with Gasteiger partial charge in [0, 0.05) is 6.04 Å². The fourth-order valence-corrected chi connectivity index (χ4v) is 3.07. The largest absolute Gasteiger partial charge is 0.295 e. The Bertz CT molecular complexity index is 468. The first-order chi connectivity index (χ1) is 10.0. The quantitative estimate of drug-likeness (QED) is 0.804. The van der Waals surface area contributed by atoms with E-state index in [1.165, 1.54) is 44.1 Å². The van der Waals surface area contributed by atoms with Crippen LogP contribution in [0.1, 0.15) is 76.5 Å². The van der Waals surface area contributed by atoms with Gasteiger partial charge in [-0.05, 0) is 29.4 Å². The van der Waals surface area contributed by atoms with Gasteiger partial charge in [0.05, 0.1) is 6.07 Å². The van der Waals surface area contributed by atoms with Crippen LogP contribution in [-0.4, -0.2) is 6.04 Å². The van der Waals surface area contributed by atoms with Crippen LogP contribution in [0.4, 0.5) is 0 Å². The second-order valence-electron chi connectivity index (χ2n) is 7.29. The van der Waals surface area contributed by atoms with Crippen LogP contribution in [0.5, 0.6) is 0 Å². The van der Waals surface area contributed by atoms with Gasteiger partial charge in [0.25, 0.3) is 0 Å². The highest BCUT2D eigenvalue weighted by Crippen LogP contribution is 2.25. The Morgan fingerprint density at radius 2 is 1.62 bits per heavy atom. The molecule has 1 N–H and O–H groups in total. The Morgan fingerprint density at radius 1 is 1.05 bits per heavy atom. The molecule has 114 valence electrons. The lowest BCUT2D eigenvalue weighted by atomic mass is 9.86. The molecule has 1 aliphatic rings. The van der Waals surface area contributed by atoms with Crippen molar-refractivity contribution in [3.63, 3.8) is 0 Å². The summed E-state index contributed by atoms with van der Waals surface area (Å²) in [6, 6.07) is 11.3. The summed E-state index contributed by atoms with van der Waals surface area (Å²) in [5, 5.41) is 13.1. The molecule has 2 nitrogen and oxygen atoms in total. The van der Waals surface area contributed by atoms with Crippen molar-refractivity contribution in [3.05, 3.63) is 35.4 Å². The number of hydrogen-bond acceptors (Lipinski definition) is 2. The van der Waals surface area contributed by atoms with Crippen molar-refractivity contribution >= 4 is 0 Å². The predicted molar refractivity (Wildman–Crippen MR) is 88.1 cm³/mol. The molecule has 0 bridgehead atoms. The van der Waals surface area contributed by atoms with Crippen molar-refractivity contribution in [2.24, 2.45) is 0 Å². The number of nitrogens with one attached hydrogen (secondary N) is 1. The fourth-order valence-electron chi connectivity index (χ4n) is 3.07. The highest BCUT2D eigenvalue weighted by molar-refractivity contribution is 5.31.